The summed E-state index contributed by atoms with van der Waals surface area (Å²) in [5, 5.41) is 5.57. The Bertz CT molecular complexity index is 681. The maximum absolute atomic E-state index is 11.9. The van der Waals surface area contributed by atoms with Crippen molar-refractivity contribution in [2.75, 3.05) is 5.32 Å². The topological polar surface area (TPSA) is 71.1 Å². The van der Waals surface area contributed by atoms with Crippen molar-refractivity contribution in [1.29, 1.82) is 0 Å². The van der Waals surface area contributed by atoms with Gasteiger partial charge in [0, 0.05) is 24.6 Å². The lowest BCUT2D eigenvalue weighted by Gasteiger charge is -2.07. The molecule has 0 radical (unpaired) electrons. The Morgan fingerprint density at radius 1 is 1.23 bits per heavy atom. The van der Waals surface area contributed by atoms with Crippen LogP contribution in [-0.2, 0) is 11.3 Å². The summed E-state index contributed by atoms with van der Waals surface area (Å²) >= 11 is 0. The molecule has 2 aromatic rings. The fourth-order valence-corrected chi connectivity index (χ4v) is 1.88. The van der Waals surface area contributed by atoms with Crippen molar-refractivity contribution >= 4 is 17.5 Å². The van der Waals surface area contributed by atoms with Crippen LogP contribution in [0.1, 0.15) is 22.8 Å². The van der Waals surface area contributed by atoms with Gasteiger partial charge in [0.1, 0.15) is 0 Å². The van der Waals surface area contributed by atoms with Gasteiger partial charge in [-0.1, -0.05) is 18.2 Å². The minimum atomic E-state index is -0.184. The van der Waals surface area contributed by atoms with Gasteiger partial charge in [0.25, 0.3) is 5.91 Å². The van der Waals surface area contributed by atoms with Crippen LogP contribution in [0.25, 0.3) is 0 Å². The molecule has 0 aliphatic rings. The molecular weight excluding hydrogens is 278 g/mol. The maximum atomic E-state index is 11.9. The van der Waals surface area contributed by atoms with Crippen molar-refractivity contribution in [2.45, 2.75) is 13.5 Å². The Hall–Kier alpha value is -2.95. The number of aromatic nitrogens is 1. The molecule has 1 heterocycles. The molecule has 112 valence electrons. The summed E-state index contributed by atoms with van der Waals surface area (Å²) < 4.78 is 0. The summed E-state index contributed by atoms with van der Waals surface area (Å²) in [5.41, 5.74) is 2.10. The molecule has 2 rings (SSSR count). The molecule has 0 fully saturated rings. The summed E-state index contributed by atoms with van der Waals surface area (Å²) in [7, 11) is 0. The fourth-order valence-electron chi connectivity index (χ4n) is 1.88. The Morgan fingerprint density at radius 2 is 2.09 bits per heavy atom. The number of rotatable bonds is 5. The number of pyridine rings is 1. The van der Waals surface area contributed by atoms with E-state index >= 15 is 0 Å². The predicted octanol–water partition coefficient (Wildman–Crippen LogP) is 2.53. The molecule has 0 aliphatic heterocycles. The first-order valence-electron chi connectivity index (χ1n) is 6.90. The van der Waals surface area contributed by atoms with Crippen LogP contribution in [0, 0.1) is 0 Å². The molecule has 0 aliphatic carbocycles. The number of nitrogens with zero attached hydrogens (tertiary/aromatic N) is 1. The molecule has 0 unspecified atom stereocenters. The number of carbonyl (C=O) groups is 2. The molecule has 1 aromatic carbocycles. The largest absolute Gasteiger partial charge is 0.348 e. The van der Waals surface area contributed by atoms with Crippen molar-refractivity contribution in [3.63, 3.8) is 0 Å². The third-order valence-corrected chi connectivity index (χ3v) is 2.89. The van der Waals surface area contributed by atoms with Gasteiger partial charge in [-0.25, -0.2) is 0 Å². The van der Waals surface area contributed by atoms with Gasteiger partial charge in [0.05, 0.1) is 5.56 Å². The average molecular weight is 295 g/mol. The van der Waals surface area contributed by atoms with Crippen LogP contribution in [0.3, 0.4) is 0 Å². The standard InChI is InChI=1S/C17H17N3O2/c1-2-5-16(21)20-15-8-3-6-13(10-15)11-19-17(22)14-7-4-9-18-12-14/h2-10,12H,11H2,1H3,(H,19,22)(H,20,21)/b5-2+. The van der Waals surface area contributed by atoms with E-state index in [1.165, 1.54) is 12.3 Å². The Kier molecular flexibility index (Phi) is 5.43. The minimum Gasteiger partial charge on any atom is -0.348 e. The molecule has 0 bridgehead atoms. The molecule has 2 N–H and O–H groups in total. The number of hydrogen-bond acceptors (Lipinski definition) is 3. The smallest absolute Gasteiger partial charge is 0.253 e. The highest BCUT2D eigenvalue weighted by molar-refractivity contribution is 5.99. The van der Waals surface area contributed by atoms with Crippen LogP contribution in [-0.4, -0.2) is 16.8 Å². The van der Waals surface area contributed by atoms with Gasteiger partial charge in [-0.3, -0.25) is 14.6 Å². The lowest BCUT2D eigenvalue weighted by Crippen LogP contribution is -2.22. The van der Waals surface area contributed by atoms with Crippen LogP contribution in [0.5, 0.6) is 0 Å². The van der Waals surface area contributed by atoms with Crippen molar-refractivity contribution in [1.82, 2.24) is 10.3 Å². The van der Waals surface area contributed by atoms with E-state index in [2.05, 4.69) is 15.6 Å². The van der Waals surface area contributed by atoms with Crippen LogP contribution < -0.4 is 10.6 Å². The molecule has 0 saturated heterocycles. The first-order chi connectivity index (χ1) is 10.7. The van der Waals surface area contributed by atoms with Gasteiger partial charge in [-0.05, 0) is 42.8 Å². The molecule has 0 atom stereocenters. The first kappa shape index (κ1) is 15.4. The number of allylic oxidation sites excluding steroid dienone is 1. The summed E-state index contributed by atoms with van der Waals surface area (Å²) in [6, 6.07) is 10.8. The van der Waals surface area contributed by atoms with Crippen LogP contribution in [0.2, 0.25) is 0 Å². The van der Waals surface area contributed by atoms with E-state index in [1.54, 1.807) is 37.4 Å². The van der Waals surface area contributed by atoms with Crippen molar-refractivity contribution in [3.05, 3.63) is 72.1 Å². The van der Waals surface area contributed by atoms with E-state index in [9.17, 15) is 9.59 Å². The highest BCUT2D eigenvalue weighted by Gasteiger charge is 2.05. The van der Waals surface area contributed by atoms with Gasteiger partial charge < -0.3 is 10.6 Å². The third-order valence-electron chi connectivity index (χ3n) is 2.89. The molecule has 5 heteroatoms. The highest BCUT2D eigenvalue weighted by atomic mass is 16.2. The quantitative estimate of drug-likeness (QED) is 0.833. The summed E-state index contributed by atoms with van der Waals surface area (Å²) in [5.74, 6) is -0.365. The lowest BCUT2D eigenvalue weighted by molar-refractivity contribution is -0.111. The molecule has 2 amide bonds. The van der Waals surface area contributed by atoms with E-state index in [1.807, 2.05) is 18.2 Å². The monoisotopic (exact) mass is 295 g/mol. The van der Waals surface area contributed by atoms with Gasteiger partial charge >= 0.3 is 0 Å². The lowest BCUT2D eigenvalue weighted by atomic mass is 10.2. The van der Waals surface area contributed by atoms with E-state index in [0.29, 0.717) is 17.8 Å². The molecular formula is C17H17N3O2. The van der Waals surface area contributed by atoms with Gasteiger partial charge in [0.15, 0.2) is 0 Å². The molecule has 22 heavy (non-hydrogen) atoms. The van der Waals surface area contributed by atoms with Crippen molar-refractivity contribution in [2.24, 2.45) is 0 Å². The second-order valence-corrected chi connectivity index (χ2v) is 4.61. The van der Waals surface area contributed by atoms with E-state index in [4.69, 9.17) is 0 Å². The molecule has 0 spiro atoms. The number of hydrogen-bond donors (Lipinski definition) is 2. The average Bonchev–Trinajstić information content (AvgIpc) is 2.54. The zero-order valence-corrected chi connectivity index (χ0v) is 12.2. The molecule has 0 saturated carbocycles. The second-order valence-electron chi connectivity index (χ2n) is 4.61. The fraction of sp³-hybridized carbons (Fsp3) is 0.118. The van der Waals surface area contributed by atoms with Crippen molar-refractivity contribution in [3.8, 4) is 0 Å². The molecule has 5 nitrogen and oxygen atoms in total. The zero-order valence-electron chi connectivity index (χ0n) is 12.2. The number of benzene rings is 1. The predicted molar refractivity (Wildman–Crippen MR) is 85.3 cm³/mol. The van der Waals surface area contributed by atoms with Gasteiger partial charge in [-0.15, -0.1) is 0 Å². The summed E-state index contributed by atoms with van der Waals surface area (Å²) in [6.07, 6.45) is 6.26. The number of amides is 2. The normalized spacial score (nSPS) is 10.4. The van der Waals surface area contributed by atoms with E-state index in [-0.39, 0.29) is 11.8 Å². The van der Waals surface area contributed by atoms with Crippen LogP contribution >= 0.6 is 0 Å². The number of anilines is 1. The SMILES string of the molecule is C/C=C/C(=O)Nc1cccc(CNC(=O)c2cccnc2)c1. The van der Waals surface area contributed by atoms with Crippen molar-refractivity contribution < 1.29 is 9.59 Å². The highest BCUT2D eigenvalue weighted by Crippen LogP contribution is 2.11. The Morgan fingerprint density at radius 3 is 2.82 bits per heavy atom. The van der Waals surface area contributed by atoms with E-state index < -0.39 is 0 Å². The molecule has 1 aromatic heterocycles. The van der Waals surface area contributed by atoms with E-state index in [0.717, 1.165) is 5.56 Å². The second kappa shape index (κ2) is 7.73. The van der Waals surface area contributed by atoms with Gasteiger partial charge in [-0.2, -0.15) is 0 Å². The van der Waals surface area contributed by atoms with Crippen LogP contribution in [0.4, 0.5) is 5.69 Å². The first-order valence-corrected chi connectivity index (χ1v) is 6.90. The maximum Gasteiger partial charge on any atom is 0.253 e. The van der Waals surface area contributed by atoms with Gasteiger partial charge in [0.2, 0.25) is 5.91 Å². The number of nitrogens with one attached hydrogen (secondary N) is 2. The minimum absolute atomic E-state index is 0.181. The third kappa shape index (κ3) is 4.56. The number of carbonyl (C=O) groups excluding carboxylic acids is 2. The Labute approximate surface area is 129 Å². The zero-order chi connectivity index (χ0) is 15.8. The summed E-state index contributed by atoms with van der Waals surface area (Å²) in [6.45, 7) is 2.16. The Balaban J connectivity index is 1.96. The summed E-state index contributed by atoms with van der Waals surface area (Å²) in [4.78, 5) is 27.3. The van der Waals surface area contributed by atoms with Crippen LogP contribution in [0.15, 0.2) is 60.9 Å².